The van der Waals surface area contributed by atoms with Gasteiger partial charge in [0.25, 0.3) is 5.91 Å². The number of benzene rings is 2. The number of hydrogen-bond acceptors (Lipinski definition) is 6. The Morgan fingerprint density at radius 2 is 2.04 bits per heavy atom. The van der Waals surface area contributed by atoms with Crippen molar-refractivity contribution < 1.29 is 4.79 Å². The molecular formula is C21H19N5OS. The number of nitrogens with two attached hydrogens (primary N) is 1. The standard InChI is InChI=1S/C21H19N5OS/c1-12-3-4-15(19(27)25-13(2)20-23-7-8-28-20)10-17(12)14-5-6-18-16(9-14)11-24-21(22)26-18/h3-11,13H,1-2H3,(H,25,27)(H2,22,24,26). The molecule has 0 radical (unpaired) electrons. The first-order valence-corrected chi connectivity index (χ1v) is 9.73. The highest BCUT2D eigenvalue weighted by atomic mass is 32.1. The highest BCUT2D eigenvalue weighted by Gasteiger charge is 2.15. The highest BCUT2D eigenvalue weighted by Crippen LogP contribution is 2.28. The first-order chi connectivity index (χ1) is 13.5. The molecule has 28 heavy (non-hydrogen) atoms. The van der Waals surface area contributed by atoms with Crippen molar-refractivity contribution in [1.29, 1.82) is 0 Å². The zero-order chi connectivity index (χ0) is 19.7. The number of anilines is 1. The lowest BCUT2D eigenvalue weighted by Gasteiger charge is -2.13. The van der Waals surface area contributed by atoms with Gasteiger partial charge in [-0.15, -0.1) is 11.3 Å². The Labute approximate surface area is 166 Å². The van der Waals surface area contributed by atoms with Gasteiger partial charge >= 0.3 is 0 Å². The van der Waals surface area contributed by atoms with Gasteiger partial charge in [-0.3, -0.25) is 4.79 Å². The van der Waals surface area contributed by atoms with E-state index < -0.39 is 0 Å². The minimum absolute atomic E-state index is 0.124. The molecule has 4 rings (SSSR count). The molecule has 0 aliphatic carbocycles. The van der Waals surface area contributed by atoms with Crippen LogP contribution >= 0.6 is 11.3 Å². The van der Waals surface area contributed by atoms with Gasteiger partial charge < -0.3 is 11.1 Å². The number of nitrogens with zero attached hydrogens (tertiary/aromatic N) is 3. The van der Waals surface area contributed by atoms with Crippen LogP contribution in [0.4, 0.5) is 5.95 Å². The molecule has 2 aromatic carbocycles. The van der Waals surface area contributed by atoms with Crippen molar-refractivity contribution >= 4 is 34.1 Å². The van der Waals surface area contributed by atoms with Gasteiger partial charge in [-0.05, 0) is 54.8 Å². The van der Waals surface area contributed by atoms with Gasteiger partial charge in [0.1, 0.15) is 5.01 Å². The highest BCUT2D eigenvalue weighted by molar-refractivity contribution is 7.09. The van der Waals surface area contributed by atoms with Gasteiger partial charge in [-0.2, -0.15) is 0 Å². The molecule has 0 aliphatic rings. The minimum atomic E-state index is -0.138. The van der Waals surface area contributed by atoms with Crippen LogP contribution in [0.2, 0.25) is 0 Å². The van der Waals surface area contributed by atoms with Gasteiger partial charge in [-0.25, -0.2) is 15.0 Å². The normalized spacial score (nSPS) is 12.1. The summed E-state index contributed by atoms with van der Waals surface area (Å²) in [7, 11) is 0. The maximum absolute atomic E-state index is 12.7. The summed E-state index contributed by atoms with van der Waals surface area (Å²) in [6, 6.07) is 11.5. The van der Waals surface area contributed by atoms with Gasteiger partial charge in [0.15, 0.2) is 0 Å². The van der Waals surface area contributed by atoms with Crippen LogP contribution in [0.15, 0.2) is 54.2 Å². The monoisotopic (exact) mass is 389 g/mol. The van der Waals surface area contributed by atoms with Crippen molar-refractivity contribution in [3.05, 3.63) is 70.3 Å². The molecule has 0 bridgehead atoms. The molecule has 1 amide bonds. The number of amides is 1. The summed E-state index contributed by atoms with van der Waals surface area (Å²) in [5.41, 5.74) is 10.1. The predicted octanol–water partition coefficient (Wildman–Crippen LogP) is 4.13. The first-order valence-electron chi connectivity index (χ1n) is 8.85. The third-order valence-electron chi connectivity index (χ3n) is 4.58. The number of carbonyl (C=O) groups is 1. The molecular weight excluding hydrogens is 370 g/mol. The Hall–Kier alpha value is -3.32. The van der Waals surface area contributed by atoms with Gasteiger partial charge in [0.2, 0.25) is 5.95 Å². The molecule has 2 aromatic heterocycles. The topological polar surface area (TPSA) is 93.8 Å². The van der Waals surface area contributed by atoms with Crippen molar-refractivity contribution in [2.45, 2.75) is 19.9 Å². The Kier molecular flexibility index (Phi) is 4.75. The number of hydrogen-bond donors (Lipinski definition) is 2. The predicted molar refractivity (Wildman–Crippen MR) is 112 cm³/mol. The quantitative estimate of drug-likeness (QED) is 0.547. The second kappa shape index (κ2) is 7.36. The van der Waals surface area contributed by atoms with Crippen molar-refractivity contribution in [2.24, 2.45) is 0 Å². The van der Waals surface area contributed by atoms with Crippen LogP contribution in [0.25, 0.3) is 22.0 Å². The molecule has 3 N–H and O–H groups in total. The van der Waals surface area contributed by atoms with E-state index in [4.69, 9.17) is 5.73 Å². The van der Waals surface area contributed by atoms with Crippen molar-refractivity contribution in [3.63, 3.8) is 0 Å². The Morgan fingerprint density at radius 3 is 2.82 bits per heavy atom. The summed E-state index contributed by atoms with van der Waals surface area (Å²) in [6.45, 7) is 3.96. The maximum Gasteiger partial charge on any atom is 0.251 e. The summed E-state index contributed by atoms with van der Waals surface area (Å²) in [5.74, 6) is 0.130. The summed E-state index contributed by atoms with van der Waals surface area (Å²) >= 11 is 1.53. The Morgan fingerprint density at radius 1 is 1.18 bits per heavy atom. The third kappa shape index (κ3) is 3.57. The van der Waals surface area contributed by atoms with Crippen LogP contribution in [0, 0.1) is 6.92 Å². The molecule has 6 nitrogen and oxygen atoms in total. The summed E-state index contributed by atoms with van der Waals surface area (Å²) in [6.07, 6.45) is 3.45. The number of fused-ring (bicyclic) bond motifs is 1. The smallest absolute Gasteiger partial charge is 0.251 e. The lowest BCUT2D eigenvalue weighted by molar-refractivity contribution is 0.0940. The number of nitrogen functional groups attached to an aromatic ring is 1. The molecule has 1 unspecified atom stereocenters. The van der Waals surface area contributed by atoms with E-state index in [1.54, 1.807) is 12.4 Å². The van der Waals surface area contributed by atoms with Crippen LogP contribution < -0.4 is 11.1 Å². The molecule has 0 saturated carbocycles. The van der Waals surface area contributed by atoms with Crippen LogP contribution in [0.1, 0.15) is 33.9 Å². The minimum Gasteiger partial charge on any atom is -0.368 e. The molecule has 2 heterocycles. The molecule has 4 aromatic rings. The number of nitrogens with one attached hydrogen (secondary N) is 1. The van der Waals surface area contributed by atoms with Gasteiger partial charge in [0, 0.05) is 28.7 Å². The average Bonchev–Trinajstić information content (AvgIpc) is 3.23. The fourth-order valence-corrected chi connectivity index (χ4v) is 3.73. The number of aryl methyl sites for hydroxylation is 1. The molecule has 140 valence electrons. The Balaban J connectivity index is 1.65. The van der Waals surface area contributed by atoms with E-state index in [1.165, 1.54) is 11.3 Å². The average molecular weight is 389 g/mol. The van der Waals surface area contributed by atoms with Crippen molar-refractivity contribution in [2.75, 3.05) is 5.73 Å². The van der Waals surface area contributed by atoms with E-state index in [1.807, 2.05) is 55.6 Å². The maximum atomic E-state index is 12.7. The van der Waals surface area contributed by atoms with E-state index in [9.17, 15) is 4.79 Å². The van der Waals surface area contributed by atoms with E-state index in [0.717, 1.165) is 32.6 Å². The van der Waals surface area contributed by atoms with E-state index in [-0.39, 0.29) is 17.9 Å². The van der Waals surface area contributed by atoms with E-state index in [0.29, 0.717) is 5.56 Å². The van der Waals surface area contributed by atoms with Crippen molar-refractivity contribution in [1.82, 2.24) is 20.3 Å². The van der Waals surface area contributed by atoms with Gasteiger partial charge in [-0.1, -0.05) is 12.1 Å². The fraction of sp³-hybridized carbons (Fsp3) is 0.143. The van der Waals surface area contributed by atoms with E-state index in [2.05, 4.69) is 20.3 Å². The summed E-state index contributed by atoms with van der Waals surface area (Å²) in [5, 5.41) is 6.69. The second-order valence-electron chi connectivity index (χ2n) is 6.60. The third-order valence-corrected chi connectivity index (χ3v) is 5.54. The molecule has 0 spiro atoms. The zero-order valence-electron chi connectivity index (χ0n) is 15.5. The number of rotatable bonds is 4. The fourth-order valence-electron chi connectivity index (χ4n) is 3.08. The van der Waals surface area contributed by atoms with Crippen LogP contribution in [0.3, 0.4) is 0 Å². The summed E-state index contributed by atoms with van der Waals surface area (Å²) < 4.78 is 0. The molecule has 7 heteroatoms. The largest absolute Gasteiger partial charge is 0.368 e. The first kappa shape index (κ1) is 18.1. The van der Waals surface area contributed by atoms with Crippen LogP contribution in [0.5, 0.6) is 0 Å². The lowest BCUT2D eigenvalue weighted by atomic mass is 9.97. The Bertz CT molecular complexity index is 1160. The zero-order valence-corrected chi connectivity index (χ0v) is 16.3. The molecule has 0 saturated heterocycles. The van der Waals surface area contributed by atoms with E-state index >= 15 is 0 Å². The summed E-state index contributed by atoms with van der Waals surface area (Å²) in [4.78, 5) is 25.3. The second-order valence-corrected chi connectivity index (χ2v) is 7.52. The number of aromatic nitrogens is 3. The lowest BCUT2D eigenvalue weighted by Crippen LogP contribution is -2.26. The van der Waals surface area contributed by atoms with Crippen molar-refractivity contribution in [3.8, 4) is 11.1 Å². The van der Waals surface area contributed by atoms with Crippen LogP contribution in [-0.2, 0) is 0 Å². The molecule has 1 atom stereocenters. The number of thiazole rings is 1. The SMILES string of the molecule is Cc1ccc(C(=O)NC(C)c2nccs2)cc1-c1ccc2nc(N)ncc2c1. The van der Waals surface area contributed by atoms with Gasteiger partial charge in [0.05, 0.1) is 11.6 Å². The molecule has 0 fully saturated rings. The van der Waals surface area contributed by atoms with Crippen LogP contribution in [-0.4, -0.2) is 20.9 Å². The molecule has 0 aliphatic heterocycles. The number of carbonyl (C=O) groups excluding carboxylic acids is 1.